The molecule has 0 aliphatic carbocycles. The largest absolute Gasteiger partial charge is 0.450 e. The Labute approximate surface area is 188 Å². The number of hydrogen-bond donors (Lipinski definition) is 1. The summed E-state index contributed by atoms with van der Waals surface area (Å²) in [6.07, 6.45) is 2.24. The van der Waals surface area contributed by atoms with Gasteiger partial charge < -0.3 is 4.74 Å². The molecule has 3 rings (SSSR count). The van der Waals surface area contributed by atoms with Gasteiger partial charge in [0.05, 0.1) is 12.4 Å². The number of rotatable bonds is 6. The van der Waals surface area contributed by atoms with Crippen LogP contribution in [0.1, 0.15) is 18.1 Å². The summed E-state index contributed by atoms with van der Waals surface area (Å²) in [5.41, 5.74) is 1.78. The molecular weight excluding hydrogens is 464 g/mol. The van der Waals surface area contributed by atoms with Crippen molar-refractivity contribution in [3.05, 3.63) is 70.6 Å². The zero-order chi connectivity index (χ0) is 23.5. The quantitative estimate of drug-likeness (QED) is 0.396. The lowest BCUT2D eigenvalue weighted by Gasteiger charge is -2.14. The molecule has 1 N–H and O–H groups in total. The Balaban J connectivity index is 1.99. The summed E-state index contributed by atoms with van der Waals surface area (Å²) in [6, 6.07) is 5.45. The minimum Gasteiger partial charge on any atom is -0.450 e. The van der Waals surface area contributed by atoms with Gasteiger partial charge in [0.2, 0.25) is 0 Å². The van der Waals surface area contributed by atoms with Gasteiger partial charge in [-0.25, -0.2) is 32.0 Å². The number of ether oxygens (including phenoxy) is 1. The van der Waals surface area contributed by atoms with E-state index in [1.807, 2.05) is 0 Å². The summed E-state index contributed by atoms with van der Waals surface area (Å²) in [5.74, 6) is -2.49. The fourth-order valence-electron chi connectivity index (χ4n) is 3.01. The molecule has 0 aliphatic rings. The standard InChI is InChI=1S/C21H18ClF2N3O4S/c1-3-31-21(28)27-19-8-13(6-7-25-19)15-10-26-20(22)16(12(15)2)11-32(29,30)18-5-4-14(23)9-17(18)24/h4-10H,3,11H2,1-2H3,(H,25,27,28). The van der Waals surface area contributed by atoms with Crippen molar-refractivity contribution in [3.8, 4) is 11.1 Å². The van der Waals surface area contributed by atoms with Crippen LogP contribution in [0.5, 0.6) is 0 Å². The van der Waals surface area contributed by atoms with Crippen molar-refractivity contribution < 1.29 is 26.7 Å². The Morgan fingerprint density at radius 2 is 1.94 bits per heavy atom. The van der Waals surface area contributed by atoms with Crippen LogP contribution in [0, 0.1) is 18.6 Å². The number of nitrogens with zero attached hydrogens (tertiary/aromatic N) is 2. The monoisotopic (exact) mass is 481 g/mol. The average Bonchev–Trinajstić information content (AvgIpc) is 2.71. The zero-order valence-corrected chi connectivity index (χ0v) is 18.6. The highest BCUT2D eigenvalue weighted by Crippen LogP contribution is 2.32. The number of nitrogens with one attached hydrogen (secondary N) is 1. The van der Waals surface area contributed by atoms with Gasteiger partial charge in [0.25, 0.3) is 0 Å². The Kier molecular flexibility index (Phi) is 7.05. The summed E-state index contributed by atoms with van der Waals surface area (Å²) in [7, 11) is -4.19. The Morgan fingerprint density at radius 1 is 1.19 bits per heavy atom. The molecule has 0 radical (unpaired) electrons. The number of sulfone groups is 1. The summed E-state index contributed by atoms with van der Waals surface area (Å²) < 4.78 is 57.7. The number of carbonyl (C=O) groups excluding carboxylic acids is 1. The molecule has 7 nitrogen and oxygen atoms in total. The maximum absolute atomic E-state index is 14.1. The van der Waals surface area contributed by atoms with E-state index in [-0.39, 0.29) is 23.1 Å². The number of carbonyl (C=O) groups is 1. The van der Waals surface area contributed by atoms with Crippen molar-refractivity contribution in [2.75, 3.05) is 11.9 Å². The van der Waals surface area contributed by atoms with Gasteiger partial charge >= 0.3 is 6.09 Å². The number of hydrogen-bond acceptors (Lipinski definition) is 6. The predicted octanol–water partition coefficient (Wildman–Crippen LogP) is 4.93. The van der Waals surface area contributed by atoms with Crippen molar-refractivity contribution in [1.82, 2.24) is 9.97 Å². The lowest BCUT2D eigenvalue weighted by atomic mass is 10.0. The van der Waals surface area contributed by atoms with Crippen molar-refractivity contribution in [2.45, 2.75) is 24.5 Å². The minimum atomic E-state index is -4.19. The van der Waals surface area contributed by atoms with Gasteiger partial charge in [0.15, 0.2) is 9.84 Å². The molecule has 1 amide bonds. The van der Waals surface area contributed by atoms with E-state index in [1.54, 1.807) is 26.0 Å². The van der Waals surface area contributed by atoms with Gasteiger partial charge in [-0.2, -0.15) is 0 Å². The number of anilines is 1. The first-order valence-electron chi connectivity index (χ1n) is 9.34. The highest BCUT2D eigenvalue weighted by atomic mass is 35.5. The van der Waals surface area contributed by atoms with Gasteiger partial charge in [-0.1, -0.05) is 11.6 Å². The van der Waals surface area contributed by atoms with Gasteiger partial charge in [0.1, 0.15) is 27.5 Å². The first-order chi connectivity index (χ1) is 15.1. The highest BCUT2D eigenvalue weighted by Gasteiger charge is 2.24. The second kappa shape index (κ2) is 9.58. The van der Waals surface area contributed by atoms with Gasteiger partial charge in [0, 0.05) is 29.6 Å². The maximum Gasteiger partial charge on any atom is 0.412 e. The molecule has 0 spiro atoms. The molecule has 0 saturated heterocycles. The van der Waals surface area contributed by atoms with Crippen LogP contribution in [0.4, 0.5) is 19.4 Å². The molecule has 1 aromatic carbocycles. The Bertz CT molecular complexity index is 1290. The third-order valence-electron chi connectivity index (χ3n) is 4.55. The van der Waals surface area contributed by atoms with Crippen LogP contribution >= 0.6 is 11.6 Å². The van der Waals surface area contributed by atoms with E-state index < -0.39 is 38.2 Å². The summed E-state index contributed by atoms with van der Waals surface area (Å²) >= 11 is 6.17. The lowest BCUT2D eigenvalue weighted by Crippen LogP contribution is -2.14. The van der Waals surface area contributed by atoms with Gasteiger partial charge in [-0.05, 0) is 49.2 Å². The molecule has 0 aliphatic heterocycles. The second-order valence-electron chi connectivity index (χ2n) is 6.68. The van der Waals surface area contributed by atoms with Crippen molar-refractivity contribution in [2.24, 2.45) is 0 Å². The van der Waals surface area contributed by atoms with Crippen LogP contribution in [-0.4, -0.2) is 31.1 Å². The number of benzene rings is 1. The summed E-state index contributed by atoms with van der Waals surface area (Å²) in [5, 5.41) is 2.42. The summed E-state index contributed by atoms with van der Waals surface area (Å²) in [4.78, 5) is 19.1. The molecular formula is C21H18ClF2N3O4S. The first-order valence-corrected chi connectivity index (χ1v) is 11.4. The first kappa shape index (κ1) is 23.6. The molecule has 0 saturated carbocycles. The molecule has 0 bridgehead atoms. The van der Waals surface area contributed by atoms with E-state index in [4.69, 9.17) is 16.3 Å². The number of aromatic nitrogens is 2. The SMILES string of the molecule is CCOC(=O)Nc1cc(-c2cnc(Cl)c(CS(=O)(=O)c3ccc(F)cc3F)c2C)ccn1. The number of halogens is 3. The van der Waals surface area contributed by atoms with E-state index in [0.717, 1.165) is 12.1 Å². The van der Waals surface area contributed by atoms with Crippen LogP contribution in [0.25, 0.3) is 11.1 Å². The fourth-order valence-corrected chi connectivity index (χ4v) is 4.86. The molecule has 0 fully saturated rings. The van der Waals surface area contributed by atoms with E-state index in [1.165, 1.54) is 12.4 Å². The van der Waals surface area contributed by atoms with Gasteiger partial charge in [-0.15, -0.1) is 0 Å². The van der Waals surface area contributed by atoms with E-state index in [0.29, 0.717) is 22.8 Å². The smallest absolute Gasteiger partial charge is 0.412 e. The molecule has 32 heavy (non-hydrogen) atoms. The van der Waals surface area contributed by atoms with Crippen LogP contribution in [-0.2, 0) is 20.3 Å². The highest BCUT2D eigenvalue weighted by molar-refractivity contribution is 7.90. The topological polar surface area (TPSA) is 98.2 Å². The van der Waals surface area contributed by atoms with Crippen LogP contribution in [0.2, 0.25) is 5.15 Å². The molecule has 2 aromatic heterocycles. The molecule has 0 unspecified atom stereocenters. The Morgan fingerprint density at radius 3 is 2.62 bits per heavy atom. The molecule has 3 aromatic rings. The van der Waals surface area contributed by atoms with Crippen LogP contribution in [0.15, 0.2) is 47.6 Å². The van der Waals surface area contributed by atoms with Crippen LogP contribution < -0.4 is 5.32 Å². The fraction of sp³-hybridized carbons (Fsp3) is 0.190. The zero-order valence-electron chi connectivity index (χ0n) is 17.0. The molecule has 11 heteroatoms. The Hall–Kier alpha value is -3.11. The van der Waals surface area contributed by atoms with E-state index >= 15 is 0 Å². The third kappa shape index (κ3) is 5.20. The summed E-state index contributed by atoms with van der Waals surface area (Å²) in [6.45, 7) is 3.51. The number of amides is 1. The van der Waals surface area contributed by atoms with Crippen molar-refractivity contribution >= 4 is 33.3 Å². The maximum atomic E-state index is 14.1. The second-order valence-corrected chi connectivity index (χ2v) is 8.99. The van der Waals surface area contributed by atoms with Crippen molar-refractivity contribution in [3.63, 3.8) is 0 Å². The predicted molar refractivity (Wildman–Crippen MR) is 115 cm³/mol. The molecule has 168 valence electrons. The normalized spacial score (nSPS) is 11.3. The van der Waals surface area contributed by atoms with Crippen LogP contribution in [0.3, 0.4) is 0 Å². The average molecular weight is 482 g/mol. The minimum absolute atomic E-state index is 0.0590. The molecule has 2 heterocycles. The van der Waals surface area contributed by atoms with Crippen molar-refractivity contribution in [1.29, 1.82) is 0 Å². The molecule has 0 atom stereocenters. The third-order valence-corrected chi connectivity index (χ3v) is 6.55. The van der Waals surface area contributed by atoms with E-state index in [2.05, 4.69) is 15.3 Å². The lowest BCUT2D eigenvalue weighted by molar-refractivity contribution is 0.168. The number of pyridine rings is 2. The van der Waals surface area contributed by atoms with Gasteiger partial charge in [-0.3, -0.25) is 5.32 Å². The van der Waals surface area contributed by atoms with E-state index in [9.17, 15) is 22.0 Å².